The summed E-state index contributed by atoms with van der Waals surface area (Å²) in [4.78, 5) is 8.78. The summed E-state index contributed by atoms with van der Waals surface area (Å²) in [5.74, 6) is 0.219. The van der Waals surface area contributed by atoms with Crippen LogP contribution in [0.5, 0.6) is 0 Å². The molecule has 3 heteroatoms. The minimum absolute atomic E-state index is 0.219. The van der Waals surface area contributed by atoms with Gasteiger partial charge in [-0.05, 0) is 42.0 Å². The highest BCUT2D eigenvalue weighted by atomic mass is 15.1. The van der Waals surface area contributed by atoms with E-state index in [4.69, 9.17) is 0 Å². The van der Waals surface area contributed by atoms with Gasteiger partial charge in [-0.25, -0.2) is 0 Å². The Balaban J connectivity index is 2.02. The minimum atomic E-state index is 0.219. The largest absolute Gasteiger partial charge is 0.378 e. The van der Waals surface area contributed by atoms with Gasteiger partial charge in [-0.3, -0.25) is 0 Å². The van der Waals surface area contributed by atoms with Crippen molar-refractivity contribution < 1.29 is 0 Å². The van der Waals surface area contributed by atoms with Gasteiger partial charge in [0.1, 0.15) is 0 Å². The monoisotopic (exact) mass is 265 g/mol. The fourth-order valence-electron chi connectivity index (χ4n) is 2.54. The number of hydrogen-bond acceptors (Lipinski definition) is 1. The van der Waals surface area contributed by atoms with Crippen LogP contribution in [-0.4, -0.2) is 24.1 Å². The number of H-pyrrole nitrogens is 2. The summed E-state index contributed by atoms with van der Waals surface area (Å²) in [6.07, 6.45) is 3.94. The topological polar surface area (TPSA) is 34.8 Å². The third-order valence-electron chi connectivity index (χ3n) is 3.61. The van der Waals surface area contributed by atoms with E-state index in [0.717, 1.165) is 0 Å². The van der Waals surface area contributed by atoms with Crippen molar-refractivity contribution in [1.29, 1.82) is 0 Å². The number of nitrogens with zero attached hydrogens (tertiary/aromatic N) is 1. The molecule has 0 aliphatic carbocycles. The van der Waals surface area contributed by atoms with Gasteiger partial charge in [0.2, 0.25) is 0 Å². The molecule has 0 spiro atoms. The average Bonchev–Trinajstić information content (AvgIpc) is 3.13. The fourth-order valence-corrected chi connectivity index (χ4v) is 2.54. The first-order valence-electron chi connectivity index (χ1n) is 6.79. The Labute approximate surface area is 119 Å². The van der Waals surface area contributed by atoms with E-state index in [1.54, 1.807) is 0 Å². The van der Waals surface area contributed by atoms with E-state index in [1.165, 1.54) is 22.6 Å². The van der Waals surface area contributed by atoms with E-state index in [-0.39, 0.29) is 5.92 Å². The SMILES string of the molecule is CN(C)c1ccc(C(c2ccc[nH]2)c2ccc[nH]2)cc1. The molecule has 2 N–H and O–H groups in total. The number of rotatable bonds is 4. The third kappa shape index (κ3) is 2.35. The van der Waals surface area contributed by atoms with Crippen LogP contribution in [-0.2, 0) is 0 Å². The lowest BCUT2D eigenvalue weighted by atomic mass is 9.92. The zero-order valence-corrected chi connectivity index (χ0v) is 11.8. The molecule has 0 radical (unpaired) electrons. The summed E-state index contributed by atoms with van der Waals surface area (Å²) in [5, 5.41) is 0. The third-order valence-corrected chi connectivity index (χ3v) is 3.61. The van der Waals surface area contributed by atoms with Crippen LogP contribution in [0.15, 0.2) is 60.9 Å². The normalized spacial score (nSPS) is 10.9. The fraction of sp³-hybridized carbons (Fsp3) is 0.176. The first-order valence-corrected chi connectivity index (χ1v) is 6.79. The van der Waals surface area contributed by atoms with Crippen molar-refractivity contribution in [1.82, 2.24) is 9.97 Å². The van der Waals surface area contributed by atoms with E-state index in [0.29, 0.717) is 0 Å². The van der Waals surface area contributed by atoms with Gasteiger partial charge in [0, 0.05) is 43.6 Å². The molecule has 1 aromatic carbocycles. The summed E-state index contributed by atoms with van der Waals surface area (Å²) in [5.41, 5.74) is 4.89. The maximum absolute atomic E-state index is 3.33. The number of aromatic nitrogens is 2. The lowest BCUT2D eigenvalue weighted by Crippen LogP contribution is -2.09. The standard InChI is InChI=1S/C17H19N3/c1-20(2)14-9-7-13(8-10-14)17(15-5-3-11-18-15)16-6-4-12-19-16/h3-12,17-19H,1-2H3. The highest BCUT2D eigenvalue weighted by Gasteiger charge is 2.18. The van der Waals surface area contributed by atoms with Crippen molar-refractivity contribution >= 4 is 5.69 Å². The van der Waals surface area contributed by atoms with Crippen molar-refractivity contribution in [3.8, 4) is 0 Å². The molecule has 20 heavy (non-hydrogen) atoms. The van der Waals surface area contributed by atoms with Gasteiger partial charge < -0.3 is 14.9 Å². The maximum Gasteiger partial charge on any atom is 0.0641 e. The predicted octanol–water partition coefficient (Wildman–Crippen LogP) is 3.59. The van der Waals surface area contributed by atoms with E-state index in [9.17, 15) is 0 Å². The summed E-state index contributed by atoms with van der Waals surface area (Å²) in [7, 11) is 4.12. The van der Waals surface area contributed by atoms with E-state index in [2.05, 4.69) is 65.4 Å². The molecule has 102 valence electrons. The Kier molecular flexibility index (Phi) is 3.33. The van der Waals surface area contributed by atoms with Crippen LogP contribution in [0.1, 0.15) is 22.9 Å². The molecule has 0 amide bonds. The van der Waals surface area contributed by atoms with E-state index < -0.39 is 0 Å². The molecule has 0 saturated heterocycles. The van der Waals surface area contributed by atoms with Crippen molar-refractivity contribution in [3.63, 3.8) is 0 Å². The van der Waals surface area contributed by atoms with Crippen LogP contribution in [0.2, 0.25) is 0 Å². The summed E-state index contributed by atoms with van der Waals surface area (Å²) < 4.78 is 0. The van der Waals surface area contributed by atoms with Crippen molar-refractivity contribution in [2.75, 3.05) is 19.0 Å². The summed E-state index contributed by atoms with van der Waals surface area (Å²) in [6.45, 7) is 0. The van der Waals surface area contributed by atoms with Gasteiger partial charge in [-0.2, -0.15) is 0 Å². The molecular weight excluding hydrogens is 246 g/mol. The first kappa shape index (κ1) is 12.6. The first-order chi connectivity index (χ1) is 9.75. The van der Waals surface area contributed by atoms with Gasteiger partial charge >= 0.3 is 0 Å². The molecule has 0 saturated carbocycles. The number of benzene rings is 1. The van der Waals surface area contributed by atoms with Gasteiger partial charge in [0.15, 0.2) is 0 Å². The molecule has 3 aromatic rings. The Morgan fingerprint density at radius 3 is 1.75 bits per heavy atom. The quantitative estimate of drug-likeness (QED) is 0.743. The zero-order chi connectivity index (χ0) is 13.9. The Hall–Kier alpha value is -2.42. The van der Waals surface area contributed by atoms with Crippen LogP contribution in [0, 0.1) is 0 Å². The Morgan fingerprint density at radius 1 is 0.800 bits per heavy atom. The van der Waals surface area contributed by atoms with Crippen LogP contribution in [0.25, 0.3) is 0 Å². The Morgan fingerprint density at radius 2 is 1.35 bits per heavy atom. The Bertz CT molecular complexity index is 600. The molecule has 2 aromatic heterocycles. The highest BCUT2D eigenvalue weighted by molar-refractivity contribution is 5.49. The zero-order valence-electron chi connectivity index (χ0n) is 11.8. The summed E-state index contributed by atoms with van der Waals surface area (Å²) >= 11 is 0. The lowest BCUT2D eigenvalue weighted by Gasteiger charge is -2.18. The number of nitrogens with one attached hydrogen (secondary N) is 2. The van der Waals surface area contributed by atoms with Crippen LogP contribution in [0.3, 0.4) is 0 Å². The minimum Gasteiger partial charge on any atom is -0.378 e. The van der Waals surface area contributed by atoms with Gasteiger partial charge in [0.25, 0.3) is 0 Å². The number of aromatic amines is 2. The molecule has 0 atom stereocenters. The highest BCUT2D eigenvalue weighted by Crippen LogP contribution is 2.30. The molecule has 0 bridgehead atoms. The molecule has 0 aliphatic rings. The molecular formula is C17H19N3. The maximum atomic E-state index is 3.33. The van der Waals surface area contributed by atoms with Gasteiger partial charge in [-0.1, -0.05) is 12.1 Å². The molecule has 3 rings (SSSR count). The second-order valence-electron chi connectivity index (χ2n) is 5.17. The second-order valence-corrected chi connectivity index (χ2v) is 5.17. The van der Waals surface area contributed by atoms with Gasteiger partial charge in [-0.15, -0.1) is 0 Å². The molecule has 0 fully saturated rings. The lowest BCUT2D eigenvalue weighted by molar-refractivity contribution is 0.897. The molecule has 0 unspecified atom stereocenters. The van der Waals surface area contributed by atoms with Crippen molar-refractivity contribution in [3.05, 3.63) is 77.9 Å². The van der Waals surface area contributed by atoms with Crippen molar-refractivity contribution in [2.24, 2.45) is 0 Å². The van der Waals surface area contributed by atoms with Crippen molar-refractivity contribution in [2.45, 2.75) is 5.92 Å². The van der Waals surface area contributed by atoms with Crippen LogP contribution < -0.4 is 4.90 Å². The van der Waals surface area contributed by atoms with Crippen LogP contribution >= 0.6 is 0 Å². The van der Waals surface area contributed by atoms with E-state index in [1.807, 2.05) is 24.5 Å². The van der Waals surface area contributed by atoms with Crippen LogP contribution in [0.4, 0.5) is 5.69 Å². The molecule has 3 nitrogen and oxygen atoms in total. The summed E-state index contributed by atoms with van der Waals surface area (Å²) in [6, 6.07) is 17.1. The van der Waals surface area contributed by atoms with E-state index >= 15 is 0 Å². The molecule has 2 heterocycles. The smallest absolute Gasteiger partial charge is 0.0641 e. The second kappa shape index (κ2) is 5.29. The number of anilines is 1. The average molecular weight is 265 g/mol. The predicted molar refractivity (Wildman–Crippen MR) is 83.3 cm³/mol. The molecule has 0 aliphatic heterocycles. The number of hydrogen-bond donors (Lipinski definition) is 2. The van der Waals surface area contributed by atoms with Gasteiger partial charge in [0.05, 0.1) is 5.92 Å².